The number of ether oxygens (including phenoxy) is 2. The summed E-state index contributed by atoms with van der Waals surface area (Å²) in [5.74, 6) is -0.279. The van der Waals surface area contributed by atoms with Crippen molar-refractivity contribution in [2.75, 3.05) is 34.5 Å². The van der Waals surface area contributed by atoms with E-state index in [1.165, 1.54) is 23.5 Å². The van der Waals surface area contributed by atoms with Gasteiger partial charge in [-0.1, -0.05) is 45.0 Å². The summed E-state index contributed by atoms with van der Waals surface area (Å²) in [5, 5.41) is 5.81. The molecule has 0 radical (unpaired) electrons. The number of nitrogens with one attached hydrogen (secondary N) is 2. The lowest BCUT2D eigenvalue weighted by Gasteiger charge is -2.21. The van der Waals surface area contributed by atoms with E-state index in [4.69, 9.17) is 9.47 Å². The number of carbonyl (C=O) groups excluding carboxylic acids is 4. The lowest BCUT2D eigenvalue weighted by Crippen LogP contribution is -2.27. The molecule has 258 valence electrons. The van der Waals surface area contributed by atoms with Crippen LogP contribution in [-0.2, 0) is 37.9 Å². The predicted octanol–water partition coefficient (Wildman–Crippen LogP) is 4.86. The Bertz CT molecular complexity index is 1760. The van der Waals surface area contributed by atoms with Crippen LogP contribution in [0.2, 0.25) is 0 Å². The maximum Gasteiger partial charge on any atom is 0.321 e. The third kappa shape index (κ3) is 10.5. The summed E-state index contributed by atoms with van der Waals surface area (Å²) >= 11 is 2.55. The molecule has 6 bridgehead atoms. The predicted molar refractivity (Wildman–Crippen MR) is 192 cm³/mol. The summed E-state index contributed by atoms with van der Waals surface area (Å²) < 4.78 is 35.7. The van der Waals surface area contributed by atoms with Crippen molar-refractivity contribution >= 4 is 57.1 Å². The van der Waals surface area contributed by atoms with Crippen LogP contribution in [0.25, 0.3) is 0 Å². The molecule has 0 spiro atoms. The highest BCUT2D eigenvalue weighted by atomic mass is 32.2. The average Bonchev–Trinajstić information content (AvgIpc) is 3.35. The Labute approximate surface area is 294 Å². The summed E-state index contributed by atoms with van der Waals surface area (Å²) in [7, 11) is -3.28. The summed E-state index contributed by atoms with van der Waals surface area (Å²) in [6.45, 7) is 6.46. The van der Waals surface area contributed by atoms with Gasteiger partial charge in [-0.25, -0.2) is 8.42 Å². The number of carbonyl (C=O) groups is 4. The van der Waals surface area contributed by atoms with Gasteiger partial charge < -0.3 is 20.1 Å². The molecule has 0 saturated carbocycles. The third-order valence-corrected chi connectivity index (χ3v) is 11.4. The number of hydrogen-bond donors (Lipinski definition) is 2. The van der Waals surface area contributed by atoms with Crippen molar-refractivity contribution in [3.63, 3.8) is 0 Å². The van der Waals surface area contributed by atoms with Crippen LogP contribution in [-0.4, -0.2) is 66.7 Å². The van der Waals surface area contributed by atoms with Gasteiger partial charge in [-0.15, -0.1) is 23.5 Å². The van der Waals surface area contributed by atoms with E-state index >= 15 is 0 Å². The van der Waals surface area contributed by atoms with Crippen molar-refractivity contribution in [2.45, 2.75) is 39.3 Å². The van der Waals surface area contributed by atoms with E-state index in [0.29, 0.717) is 34.1 Å². The highest BCUT2D eigenvalue weighted by molar-refractivity contribution is 8.00. The molecule has 0 aliphatic carbocycles. The second kappa shape index (κ2) is 15.6. The van der Waals surface area contributed by atoms with Gasteiger partial charge >= 0.3 is 11.9 Å². The van der Waals surface area contributed by atoms with Crippen molar-refractivity contribution in [1.29, 1.82) is 0 Å². The zero-order valence-electron chi connectivity index (χ0n) is 27.5. The van der Waals surface area contributed by atoms with Crippen LogP contribution in [0.15, 0.2) is 77.9 Å². The summed E-state index contributed by atoms with van der Waals surface area (Å²) in [5.41, 5.74) is 4.29. The molecule has 2 amide bonds. The summed E-state index contributed by atoms with van der Waals surface area (Å²) in [4.78, 5) is 51.6. The van der Waals surface area contributed by atoms with Crippen LogP contribution in [0.4, 0.5) is 0 Å². The smallest absolute Gasteiger partial charge is 0.321 e. The minimum Gasteiger partial charge on any atom is -0.426 e. The zero-order valence-corrected chi connectivity index (χ0v) is 29.9. The van der Waals surface area contributed by atoms with Crippen LogP contribution < -0.4 is 20.1 Å². The van der Waals surface area contributed by atoms with Gasteiger partial charge in [0.1, 0.15) is 11.5 Å². The SMILES string of the molecule is CC(C)(C)c1cc2cc(c1)C(=O)NCc1ccc(cc1)OC(=O)CSCC1=C(CSCC(=O)Oc3ccc(cc3)CNC2=O)CS(=O)(=O)C1. The third-order valence-electron chi connectivity index (χ3n) is 7.82. The first-order valence-corrected chi connectivity index (χ1v) is 19.7. The minimum atomic E-state index is -3.28. The average molecular weight is 723 g/mol. The van der Waals surface area contributed by atoms with Crippen LogP contribution in [0.1, 0.15) is 58.2 Å². The molecule has 5 heterocycles. The Kier molecular flexibility index (Phi) is 11.6. The van der Waals surface area contributed by atoms with E-state index in [9.17, 15) is 27.6 Å². The van der Waals surface area contributed by atoms with Gasteiger partial charge in [0.15, 0.2) is 9.84 Å². The van der Waals surface area contributed by atoms with Gasteiger partial charge in [-0.05, 0) is 75.7 Å². The quantitative estimate of drug-likeness (QED) is 0.188. The highest BCUT2D eigenvalue weighted by Crippen LogP contribution is 2.28. The number of amides is 2. The number of rotatable bonds is 0. The molecule has 5 aliphatic heterocycles. The molecule has 0 saturated heterocycles. The standard InChI is InChI=1S/C36H38N2O8S3/c1-36(2,3)29-13-25-12-26(14-29)35(42)38-16-24-6-10-31(11-7-24)46-33(40)20-48-18-28-22-49(43,44)21-27(28)17-47-19-32(39)45-30-8-4-23(5-9-30)15-37-34(25)41/h4-14H,15-22H2,1-3H3,(H,37,41)(H,38,42). The van der Waals surface area contributed by atoms with E-state index in [2.05, 4.69) is 10.6 Å². The maximum atomic E-state index is 13.3. The lowest BCUT2D eigenvalue weighted by molar-refractivity contribution is -0.132. The number of hydrogen-bond acceptors (Lipinski definition) is 10. The molecule has 0 atom stereocenters. The summed E-state index contributed by atoms with van der Waals surface area (Å²) in [6, 6.07) is 18.7. The van der Waals surface area contributed by atoms with Crippen molar-refractivity contribution < 1.29 is 37.1 Å². The molecular formula is C36H38N2O8S3. The number of benzene rings is 3. The Morgan fingerprint density at radius 2 is 1.02 bits per heavy atom. The Balaban J connectivity index is 1.34. The molecule has 13 heteroatoms. The second-order valence-corrected chi connectivity index (χ2v) is 16.9. The van der Waals surface area contributed by atoms with Gasteiger partial charge in [-0.3, -0.25) is 19.2 Å². The fraction of sp³-hybridized carbons (Fsp3) is 0.333. The summed E-state index contributed by atoms with van der Waals surface area (Å²) in [6.07, 6.45) is 0. The van der Waals surface area contributed by atoms with Crippen LogP contribution in [0, 0.1) is 0 Å². The first kappa shape index (κ1) is 36.2. The topological polar surface area (TPSA) is 145 Å². The molecule has 3 aromatic rings. The molecule has 0 unspecified atom stereocenters. The number of thioether (sulfide) groups is 2. The molecule has 2 N–H and O–H groups in total. The molecular weight excluding hydrogens is 685 g/mol. The molecule has 8 rings (SSSR count). The first-order valence-electron chi connectivity index (χ1n) is 15.6. The monoisotopic (exact) mass is 722 g/mol. The molecule has 5 aliphatic rings. The normalized spacial score (nSPS) is 18.3. The molecule has 10 nitrogen and oxygen atoms in total. The van der Waals surface area contributed by atoms with E-state index in [0.717, 1.165) is 27.8 Å². The van der Waals surface area contributed by atoms with Gasteiger partial charge in [0.05, 0.1) is 23.0 Å². The van der Waals surface area contributed by atoms with Crippen LogP contribution in [0.5, 0.6) is 11.5 Å². The largest absolute Gasteiger partial charge is 0.426 e. The van der Waals surface area contributed by atoms with Crippen molar-refractivity contribution in [2.24, 2.45) is 0 Å². The highest BCUT2D eigenvalue weighted by Gasteiger charge is 2.27. The van der Waals surface area contributed by atoms with E-state index < -0.39 is 21.8 Å². The number of sulfone groups is 1. The molecule has 0 aromatic heterocycles. The lowest BCUT2D eigenvalue weighted by atomic mass is 9.85. The Morgan fingerprint density at radius 1 is 0.612 bits per heavy atom. The minimum absolute atomic E-state index is 0.0283. The van der Waals surface area contributed by atoms with E-state index in [1.54, 1.807) is 66.7 Å². The Hall–Kier alpha value is -4.07. The number of esters is 2. The molecule has 3 aromatic carbocycles. The van der Waals surface area contributed by atoms with Gasteiger partial charge in [-0.2, -0.15) is 0 Å². The fourth-order valence-corrected chi connectivity index (χ4v) is 8.95. The molecule has 0 fully saturated rings. The fourth-order valence-electron chi connectivity index (χ4n) is 5.15. The zero-order chi connectivity index (χ0) is 35.2. The van der Waals surface area contributed by atoms with Gasteiger partial charge in [0, 0.05) is 35.7 Å². The molecule has 49 heavy (non-hydrogen) atoms. The van der Waals surface area contributed by atoms with Crippen molar-refractivity contribution in [3.8, 4) is 11.5 Å². The Morgan fingerprint density at radius 3 is 1.41 bits per heavy atom. The first-order chi connectivity index (χ1) is 23.2. The van der Waals surface area contributed by atoms with Crippen molar-refractivity contribution in [1.82, 2.24) is 10.6 Å². The van der Waals surface area contributed by atoms with Crippen LogP contribution >= 0.6 is 23.5 Å². The van der Waals surface area contributed by atoms with E-state index in [-0.39, 0.29) is 53.3 Å². The van der Waals surface area contributed by atoms with Crippen molar-refractivity contribution in [3.05, 3.63) is 106 Å². The second-order valence-electron chi connectivity index (χ2n) is 12.9. The maximum absolute atomic E-state index is 13.3. The van der Waals surface area contributed by atoms with Crippen LogP contribution in [0.3, 0.4) is 0 Å². The van der Waals surface area contributed by atoms with Gasteiger partial charge in [0.25, 0.3) is 11.8 Å². The van der Waals surface area contributed by atoms with E-state index in [1.807, 2.05) is 20.8 Å². The van der Waals surface area contributed by atoms with Gasteiger partial charge in [0.2, 0.25) is 0 Å².